The number of nitrogens with two attached hydrogens (primary N) is 1. The van der Waals surface area contributed by atoms with Crippen LogP contribution in [-0.4, -0.2) is 30.8 Å². The van der Waals surface area contributed by atoms with Gasteiger partial charge in [-0.25, -0.2) is 0 Å². The summed E-state index contributed by atoms with van der Waals surface area (Å²) in [7, 11) is 0. The van der Waals surface area contributed by atoms with Gasteiger partial charge in [0, 0.05) is 12.0 Å². The fourth-order valence-electron chi connectivity index (χ4n) is 3.39. The van der Waals surface area contributed by atoms with Crippen molar-refractivity contribution in [1.29, 1.82) is 0 Å². The van der Waals surface area contributed by atoms with Crippen molar-refractivity contribution >= 4 is 5.96 Å². The fourth-order valence-corrected chi connectivity index (χ4v) is 3.39. The Morgan fingerprint density at radius 1 is 1.44 bits per heavy atom. The molecule has 0 aromatic rings. The maximum atomic E-state index is 9.57. The zero-order valence-electron chi connectivity index (χ0n) is 11.3. The Morgan fingerprint density at radius 2 is 2.11 bits per heavy atom. The molecule has 0 heterocycles. The summed E-state index contributed by atoms with van der Waals surface area (Å²) < 4.78 is 0. The number of rotatable bonds is 5. The van der Waals surface area contributed by atoms with Crippen LogP contribution < -0.4 is 11.1 Å². The van der Waals surface area contributed by atoms with E-state index in [9.17, 15) is 5.11 Å². The number of aliphatic imine (C=N–C) groups is 1. The lowest BCUT2D eigenvalue weighted by Gasteiger charge is -2.60. The van der Waals surface area contributed by atoms with E-state index < -0.39 is 0 Å². The Hall–Kier alpha value is -1.03. The summed E-state index contributed by atoms with van der Waals surface area (Å²) in [4.78, 5) is 4.37. The average Bonchev–Trinajstić information content (AvgIpc) is 2.23. The van der Waals surface area contributed by atoms with Gasteiger partial charge < -0.3 is 16.2 Å². The fraction of sp³-hybridized carbons (Fsp3) is 0.786. The molecule has 0 aliphatic heterocycles. The van der Waals surface area contributed by atoms with Crippen molar-refractivity contribution < 1.29 is 5.11 Å². The van der Waals surface area contributed by atoms with Crippen molar-refractivity contribution in [3.05, 3.63) is 12.2 Å². The smallest absolute Gasteiger partial charge is 0.188 e. The molecule has 4 nitrogen and oxygen atoms in total. The molecule has 0 saturated heterocycles. The van der Waals surface area contributed by atoms with E-state index in [4.69, 9.17) is 5.73 Å². The topological polar surface area (TPSA) is 70.6 Å². The minimum Gasteiger partial charge on any atom is -0.396 e. The highest BCUT2D eigenvalue weighted by Crippen LogP contribution is 2.64. The normalized spacial score (nSPS) is 24.2. The van der Waals surface area contributed by atoms with Gasteiger partial charge in [-0.05, 0) is 38.0 Å². The third-order valence-corrected chi connectivity index (χ3v) is 4.41. The van der Waals surface area contributed by atoms with Gasteiger partial charge in [-0.15, -0.1) is 0 Å². The van der Waals surface area contributed by atoms with Crippen molar-refractivity contribution in [2.45, 2.75) is 39.0 Å². The summed E-state index contributed by atoms with van der Waals surface area (Å²) in [6, 6.07) is 0. The van der Waals surface area contributed by atoms with Gasteiger partial charge >= 0.3 is 0 Å². The minimum absolute atomic E-state index is 0.00402. The van der Waals surface area contributed by atoms with Crippen LogP contribution in [0.4, 0.5) is 0 Å². The molecule has 2 aliphatic carbocycles. The van der Waals surface area contributed by atoms with Gasteiger partial charge in [0.25, 0.3) is 0 Å². The van der Waals surface area contributed by atoms with Crippen molar-refractivity contribution in [1.82, 2.24) is 5.32 Å². The predicted octanol–water partition coefficient (Wildman–Crippen LogP) is 1.41. The average molecular weight is 251 g/mol. The molecule has 1 spiro atoms. The summed E-state index contributed by atoms with van der Waals surface area (Å²) in [5, 5.41) is 12.6. The molecule has 0 radical (unpaired) electrons. The van der Waals surface area contributed by atoms with Gasteiger partial charge in [0.2, 0.25) is 0 Å². The monoisotopic (exact) mass is 251 g/mol. The molecule has 4 N–H and O–H groups in total. The van der Waals surface area contributed by atoms with Crippen LogP contribution in [0, 0.1) is 10.8 Å². The first kappa shape index (κ1) is 13.4. The summed E-state index contributed by atoms with van der Waals surface area (Å²) >= 11 is 0. The van der Waals surface area contributed by atoms with Crippen LogP contribution in [0.25, 0.3) is 0 Å². The molecule has 2 saturated carbocycles. The standard InChI is InChI=1S/C14H25N3O/c1-11(2)6-16-12(15)17-9-14(10-18)7-13(8-14)4-3-5-13/h18H,1,3-10H2,2H3,(H3,15,16,17). The van der Waals surface area contributed by atoms with Gasteiger partial charge in [0.1, 0.15) is 0 Å². The number of guanidine groups is 1. The lowest BCUT2D eigenvalue weighted by atomic mass is 9.45. The van der Waals surface area contributed by atoms with Gasteiger partial charge in [0.15, 0.2) is 5.96 Å². The molecule has 102 valence electrons. The quantitative estimate of drug-likeness (QED) is 0.393. The van der Waals surface area contributed by atoms with Crippen molar-refractivity contribution in [2.24, 2.45) is 21.6 Å². The molecular weight excluding hydrogens is 226 g/mol. The maximum Gasteiger partial charge on any atom is 0.188 e. The molecule has 2 fully saturated rings. The third kappa shape index (κ3) is 2.69. The summed E-state index contributed by atoms with van der Waals surface area (Å²) in [6.07, 6.45) is 6.26. The van der Waals surface area contributed by atoms with Gasteiger partial charge in [-0.2, -0.15) is 0 Å². The van der Waals surface area contributed by atoms with Crippen LogP contribution >= 0.6 is 0 Å². The highest BCUT2D eigenvalue weighted by atomic mass is 16.3. The first-order valence-corrected chi connectivity index (χ1v) is 6.78. The highest BCUT2D eigenvalue weighted by Gasteiger charge is 2.56. The molecule has 2 aliphatic rings. The van der Waals surface area contributed by atoms with Gasteiger partial charge in [0.05, 0.1) is 13.2 Å². The Bertz CT molecular complexity index is 350. The van der Waals surface area contributed by atoms with Crippen LogP contribution in [0.2, 0.25) is 0 Å². The highest BCUT2D eigenvalue weighted by molar-refractivity contribution is 5.78. The number of aliphatic hydroxyl groups excluding tert-OH is 1. The lowest BCUT2D eigenvalue weighted by molar-refractivity contribution is -0.114. The van der Waals surface area contributed by atoms with Crippen LogP contribution in [0.5, 0.6) is 0 Å². The van der Waals surface area contributed by atoms with Crippen LogP contribution in [0.15, 0.2) is 17.1 Å². The summed E-state index contributed by atoms with van der Waals surface area (Å²) in [5.74, 6) is 0.459. The molecular formula is C14H25N3O. The molecule has 0 aromatic carbocycles. The number of aliphatic hydroxyl groups is 1. The van der Waals surface area contributed by atoms with E-state index in [0.29, 0.717) is 24.5 Å². The molecule has 0 atom stereocenters. The van der Waals surface area contributed by atoms with E-state index >= 15 is 0 Å². The predicted molar refractivity (Wildman–Crippen MR) is 74.3 cm³/mol. The number of hydrogen-bond acceptors (Lipinski definition) is 2. The minimum atomic E-state index is -0.00402. The van der Waals surface area contributed by atoms with Crippen LogP contribution in [0.1, 0.15) is 39.0 Å². The Balaban J connectivity index is 1.80. The molecule has 4 heteroatoms. The van der Waals surface area contributed by atoms with E-state index in [1.54, 1.807) is 0 Å². The largest absolute Gasteiger partial charge is 0.396 e. The molecule has 2 rings (SSSR count). The zero-order valence-corrected chi connectivity index (χ0v) is 11.3. The van der Waals surface area contributed by atoms with E-state index in [1.807, 2.05) is 6.92 Å². The first-order valence-electron chi connectivity index (χ1n) is 6.78. The lowest BCUT2D eigenvalue weighted by Crippen LogP contribution is -2.54. The molecule has 0 aromatic heterocycles. The third-order valence-electron chi connectivity index (χ3n) is 4.41. The molecule has 0 bridgehead atoms. The van der Waals surface area contributed by atoms with E-state index in [0.717, 1.165) is 18.4 Å². The maximum absolute atomic E-state index is 9.57. The number of nitrogens with zero attached hydrogens (tertiary/aromatic N) is 1. The van der Waals surface area contributed by atoms with Crippen LogP contribution in [0.3, 0.4) is 0 Å². The van der Waals surface area contributed by atoms with Gasteiger partial charge in [-0.1, -0.05) is 18.6 Å². The Morgan fingerprint density at radius 3 is 2.56 bits per heavy atom. The second kappa shape index (κ2) is 4.92. The molecule has 0 amide bonds. The van der Waals surface area contributed by atoms with Crippen molar-refractivity contribution in [3.63, 3.8) is 0 Å². The van der Waals surface area contributed by atoms with Crippen molar-refractivity contribution in [3.8, 4) is 0 Å². The van der Waals surface area contributed by atoms with E-state index in [1.165, 1.54) is 19.3 Å². The zero-order chi connectivity index (χ0) is 13.2. The van der Waals surface area contributed by atoms with E-state index in [2.05, 4.69) is 16.9 Å². The summed E-state index contributed by atoms with van der Waals surface area (Å²) in [5.41, 5.74) is 7.37. The van der Waals surface area contributed by atoms with Gasteiger partial charge in [-0.3, -0.25) is 4.99 Å². The Kier molecular flexibility index (Phi) is 3.66. The summed E-state index contributed by atoms with van der Waals surface area (Å²) in [6.45, 7) is 7.28. The molecule has 18 heavy (non-hydrogen) atoms. The first-order chi connectivity index (χ1) is 8.49. The van der Waals surface area contributed by atoms with Crippen LogP contribution in [-0.2, 0) is 0 Å². The second-order valence-electron chi connectivity index (χ2n) is 6.38. The van der Waals surface area contributed by atoms with E-state index in [-0.39, 0.29) is 12.0 Å². The SMILES string of the molecule is C=C(C)CNC(N)=NCC1(CO)CC2(CCC2)C1. The number of nitrogens with one attached hydrogen (secondary N) is 1. The van der Waals surface area contributed by atoms with Crippen molar-refractivity contribution in [2.75, 3.05) is 19.7 Å². The second-order valence-corrected chi connectivity index (χ2v) is 6.38. The number of hydrogen-bond donors (Lipinski definition) is 3. The Labute approximate surface area is 109 Å². The molecule has 0 unspecified atom stereocenters.